The van der Waals surface area contributed by atoms with E-state index < -0.39 is 0 Å². The lowest BCUT2D eigenvalue weighted by atomic mass is 10.1. The molecular weight excluding hydrogens is 236 g/mol. The standard InChI is InChI=1S/C13H16OS2/c1-10-7-8-13(16-10)12(14)6-2-4-11-5-3-9-15-11/h3,5,7-9,12,14H,2,4,6H2,1H3. The normalized spacial score (nSPS) is 12.9. The van der Waals surface area contributed by atoms with E-state index in [9.17, 15) is 5.11 Å². The first-order valence-corrected chi connectivity index (χ1v) is 7.22. The van der Waals surface area contributed by atoms with Crippen molar-refractivity contribution in [2.45, 2.75) is 32.3 Å². The van der Waals surface area contributed by atoms with Gasteiger partial charge in [-0.2, -0.15) is 0 Å². The third kappa shape index (κ3) is 3.17. The van der Waals surface area contributed by atoms with Crippen LogP contribution in [-0.4, -0.2) is 5.11 Å². The lowest BCUT2D eigenvalue weighted by Crippen LogP contribution is -1.95. The molecular formula is C13H16OS2. The smallest absolute Gasteiger partial charge is 0.0882 e. The molecule has 1 unspecified atom stereocenters. The van der Waals surface area contributed by atoms with E-state index in [1.165, 1.54) is 9.75 Å². The first kappa shape index (κ1) is 11.8. The summed E-state index contributed by atoms with van der Waals surface area (Å²) in [6, 6.07) is 8.35. The molecule has 0 saturated heterocycles. The highest BCUT2D eigenvalue weighted by atomic mass is 32.1. The van der Waals surface area contributed by atoms with Gasteiger partial charge < -0.3 is 5.11 Å². The highest BCUT2D eigenvalue weighted by Gasteiger charge is 2.09. The van der Waals surface area contributed by atoms with Gasteiger partial charge in [0.2, 0.25) is 0 Å². The maximum absolute atomic E-state index is 9.98. The summed E-state index contributed by atoms with van der Waals surface area (Å²) in [4.78, 5) is 3.78. The van der Waals surface area contributed by atoms with Crippen LogP contribution in [0.3, 0.4) is 0 Å². The van der Waals surface area contributed by atoms with E-state index in [2.05, 4.69) is 30.5 Å². The van der Waals surface area contributed by atoms with Gasteiger partial charge in [0.1, 0.15) is 0 Å². The number of hydrogen-bond donors (Lipinski definition) is 1. The molecule has 2 aromatic heterocycles. The number of rotatable bonds is 5. The molecule has 1 nitrogen and oxygen atoms in total. The van der Waals surface area contributed by atoms with Crippen LogP contribution in [-0.2, 0) is 6.42 Å². The van der Waals surface area contributed by atoms with E-state index in [4.69, 9.17) is 0 Å². The number of aryl methyl sites for hydroxylation is 2. The van der Waals surface area contributed by atoms with E-state index >= 15 is 0 Å². The summed E-state index contributed by atoms with van der Waals surface area (Å²) in [6.45, 7) is 2.08. The zero-order valence-corrected chi connectivity index (χ0v) is 11.0. The average Bonchev–Trinajstić information content (AvgIpc) is 2.89. The first-order chi connectivity index (χ1) is 7.75. The van der Waals surface area contributed by atoms with Crippen molar-refractivity contribution in [1.29, 1.82) is 0 Å². The molecule has 0 radical (unpaired) electrons. The fraction of sp³-hybridized carbons (Fsp3) is 0.385. The fourth-order valence-corrected chi connectivity index (χ4v) is 3.35. The molecule has 0 aliphatic carbocycles. The topological polar surface area (TPSA) is 20.2 Å². The molecule has 2 aromatic rings. The third-order valence-electron chi connectivity index (χ3n) is 2.57. The summed E-state index contributed by atoms with van der Waals surface area (Å²) in [6.07, 6.45) is 2.72. The highest BCUT2D eigenvalue weighted by molar-refractivity contribution is 7.12. The summed E-state index contributed by atoms with van der Waals surface area (Å²) < 4.78 is 0. The van der Waals surface area contributed by atoms with Crippen molar-refractivity contribution in [3.05, 3.63) is 44.3 Å². The highest BCUT2D eigenvalue weighted by Crippen LogP contribution is 2.26. The molecule has 1 atom stereocenters. The molecule has 86 valence electrons. The van der Waals surface area contributed by atoms with E-state index in [0.29, 0.717) is 0 Å². The van der Waals surface area contributed by atoms with E-state index in [1.807, 2.05) is 6.07 Å². The Labute approximate surface area is 104 Å². The molecule has 0 saturated carbocycles. The predicted octanol–water partition coefficient (Wildman–Crippen LogP) is 4.17. The van der Waals surface area contributed by atoms with Crippen molar-refractivity contribution in [2.75, 3.05) is 0 Å². The average molecular weight is 252 g/mol. The quantitative estimate of drug-likeness (QED) is 0.846. The summed E-state index contributed by atoms with van der Waals surface area (Å²) in [7, 11) is 0. The Morgan fingerprint density at radius 3 is 2.81 bits per heavy atom. The second-order valence-corrected chi connectivity index (χ2v) is 6.29. The number of thiophene rings is 2. The SMILES string of the molecule is Cc1ccc(C(O)CCCc2cccs2)s1. The number of aliphatic hydroxyl groups excluding tert-OH is 1. The van der Waals surface area contributed by atoms with Gasteiger partial charge in [0.25, 0.3) is 0 Å². The third-order valence-corrected chi connectivity index (χ3v) is 4.61. The predicted molar refractivity (Wildman–Crippen MR) is 71.3 cm³/mol. The van der Waals surface area contributed by atoms with Crippen LogP contribution in [0.1, 0.15) is 33.6 Å². The molecule has 2 heterocycles. The monoisotopic (exact) mass is 252 g/mol. The van der Waals surface area contributed by atoms with Crippen LogP contribution in [0.4, 0.5) is 0 Å². The molecule has 0 aromatic carbocycles. The molecule has 1 N–H and O–H groups in total. The fourth-order valence-electron chi connectivity index (χ4n) is 1.70. The van der Waals surface area contributed by atoms with Crippen molar-refractivity contribution in [3.8, 4) is 0 Å². The molecule has 0 aliphatic rings. The van der Waals surface area contributed by atoms with Gasteiger partial charge in [-0.1, -0.05) is 6.07 Å². The molecule has 16 heavy (non-hydrogen) atoms. The molecule has 0 amide bonds. The van der Waals surface area contributed by atoms with E-state index in [1.54, 1.807) is 22.7 Å². The van der Waals surface area contributed by atoms with Gasteiger partial charge in [-0.05, 0) is 49.8 Å². The second-order valence-electron chi connectivity index (χ2n) is 3.94. The maximum atomic E-state index is 9.98. The van der Waals surface area contributed by atoms with Crippen LogP contribution in [0.25, 0.3) is 0 Å². The van der Waals surface area contributed by atoms with Crippen molar-refractivity contribution in [1.82, 2.24) is 0 Å². The van der Waals surface area contributed by atoms with Crippen molar-refractivity contribution < 1.29 is 5.11 Å². The zero-order chi connectivity index (χ0) is 11.4. The summed E-state index contributed by atoms with van der Waals surface area (Å²) >= 11 is 3.49. The lowest BCUT2D eigenvalue weighted by molar-refractivity contribution is 0.168. The Balaban J connectivity index is 1.78. The number of hydrogen-bond acceptors (Lipinski definition) is 3. The minimum absolute atomic E-state index is 0.279. The zero-order valence-electron chi connectivity index (χ0n) is 9.35. The van der Waals surface area contributed by atoms with Gasteiger partial charge in [0, 0.05) is 14.6 Å². The second kappa shape index (κ2) is 5.62. The molecule has 0 spiro atoms. The van der Waals surface area contributed by atoms with Crippen molar-refractivity contribution >= 4 is 22.7 Å². The van der Waals surface area contributed by atoms with Gasteiger partial charge in [-0.25, -0.2) is 0 Å². The molecule has 0 bridgehead atoms. The lowest BCUT2D eigenvalue weighted by Gasteiger charge is -2.07. The van der Waals surface area contributed by atoms with Crippen LogP contribution in [0.5, 0.6) is 0 Å². The Kier molecular flexibility index (Phi) is 4.16. The van der Waals surface area contributed by atoms with Crippen LogP contribution in [0.15, 0.2) is 29.6 Å². The van der Waals surface area contributed by atoms with Crippen molar-refractivity contribution in [3.63, 3.8) is 0 Å². The van der Waals surface area contributed by atoms with Gasteiger partial charge in [-0.15, -0.1) is 22.7 Å². The molecule has 0 fully saturated rings. The Hall–Kier alpha value is -0.640. The molecule has 0 aliphatic heterocycles. The van der Waals surface area contributed by atoms with Gasteiger partial charge >= 0.3 is 0 Å². The summed E-state index contributed by atoms with van der Waals surface area (Å²) in [5, 5.41) is 12.1. The van der Waals surface area contributed by atoms with E-state index in [0.717, 1.165) is 24.1 Å². The summed E-state index contributed by atoms with van der Waals surface area (Å²) in [5.74, 6) is 0. The maximum Gasteiger partial charge on any atom is 0.0882 e. The minimum Gasteiger partial charge on any atom is -0.388 e. The van der Waals surface area contributed by atoms with E-state index in [-0.39, 0.29) is 6.10 Å². The minimum atomic E-state index is -0.279. The Bertz CT molecular complexity index is 417. The Morgan fingerprint density at radius 1 is 1.31 bits per heavy atom. The largest absolute Gasteiger partial charge is 0.388 e. The van der Waals surface area contributed by atoms with Gasteiger partial charge in [-0.3, -0.25) is 0 Å². The molecule has 2 rings (SSSR count). The van der Waals surface area contributed by atoms with Crippen LogP contribution in [0, 0.1) is 6.92 Å². The van der Waals surface area contributed by atoms with Crippen LogP contribution < -0.4 is 0 Å². The molecule has 3 heteroatoms. The van der Waals surface area contributed by atoms with Crippen LogP contribution in [0.2, 0.25) is 0 Å². The summed E-state index contributed by atoms with van der Waals surface area (Å²) in [5.41, 5.74) is 0. The van der Waals surface area contributed by atoms with Crippen molar-refractivity contribution in [2.24, 2.45) is 0 Å². The van der Waals surface area contributed by atoms with Gasteiger partial charge in [0.05, 0.1) is 6.10 Å². The first-order valence-electron chi connectivity index (χ1n) is 5.52. The Morgan fingerprint density at radius 2 is 2.19 bits per heavy atom. The van der Waals surface area contributed by atoms with Gasteiger partial charge in [0.15, 0.2) is 0 Å². The van der Waals surface area contributed by atoms with Crippen LogP contribution >= 0.6 is 22.7 Å². The number of aliphatic hydroxyl groups is 1.